The van der Waals surface area contributed by atoms with E-state index in [4.69, 9.17) is 0 Å². The molecule has 0 bridgehead atoms. The Balaban J connectivity index is 2.26. The first-order valence-corrected chi connectivity index (χ1v) is 7.68. The Kier molecular flexibility index (Phi) is 5.13. The molecule has 2 rings (SSSR count). The van der Waals surface area contributed by atoms with E-state index < -0.39 is 6.61 Å². The Morgan fingerprint density at radius 1 is 1.27 bits per heavy atom. The number of carbonyl (C=O) groups is 1. The molecule has 0 radical (unpaired) electrons. The van der Waals surface area contributed by atoms with Crippen LogP contribution in [-0.4, -0.2) is 19.6 Å². The van der Waals surface area contributed by atoms with Crippen LogP contribution in [0.25, 0.3) is 0 Å². The molecule has 0 N–H and O–H groups in total. The lowest BCUT2D eigenvalue weighted by Crippen LogP contribution is -2.26. The fourth-order valence-corrected chi connectivity index (χ4v) is 2.80. The molecule has 0 saturated heterocycles. The normalized spacial score (nSPS) is 11.0. The molecule has 1 amide bonds. The number of hydrogen-bond acceptors (Lipinski definition) is 3. The van der Waals surface area contributed by atoms with Crippen LogP contribution in [0.15, 0.2) is 35.7 Å². The number of benzene rings is 1. The lowest BCUT2D eigenvalue weighted by atomic mass is 10.0. The van der Waals surface area contributed by atoms with E-state index in [1.165, 1.54) is 11.0 Å². The Bertz CT molecular complexity index is 655. The Labute approximate surface area is 132 Å². The second kappa shape index (κ2) is 6.87. The van der Waals surface area contributed by atoms with Gasteiger partial charge in [0.25, 0.3) is 5.91 Å². The molecule has 0 aliphatic rings. The summed E-state index contributed by atoms with van der Waals surface area (Å²) in [5.41, 5.74) is 1.82. The van der Waals surface area contributed by atoms with Gasteiger partial charge in [0.05, 0.1) is 0 Å². The van der Waals surface area contributed by atoms with Crippen LogP contribution in [0.3, 0.4) is 0 Å². The van der Waals surface area contributed by atoms with Crippen molar-refractivity contribution in [3.8, 4) is 5.75 Å². The predicted molar refractivity (Wildman–Crippen MR) is 84.2 cm³/mol. The number of amides is 1. The van der Waals surface area contributed by atoms with Crippen LogP contribution in [0.2, 0.25) is 0 Å². The topological polar surface area (TPSA) is 29.5 Å². The molecule has 118 valence electrons. The molecule has 22 heavy (non-hydrogen) atoms. The second-order valence-corrected chi connectivity index (χ2v) is 6.02. The van der Waals surface area contributed by atoms with Crippen LogP contribution in [0.1, 0.15) is 35.0 Å². The Morgan fingerprint density at radius 3 is 2.64 bits per heavy atom. The fraction of sp³-hybridized carbons (Fsp3) is 0.312. The highest BCUT2D eigenvalue weighted by molar-refractivity contribution is 7.12. The van der Waals surface area contributed by atoms with Gasteiger partial charge in [-0.15, -0.1) is 11.3 Å². The minimum Gasteiger partial charge on any atom is -0.433 e. The van der Waals surface area contributed by atoms with E-state index in [1.54, 1.807) is 12.4 Å². The summed E-state index contributed by atoms with van der Waals surface area (Å²) >= 11 is 1.08. The molecule has 0 spiro atoms. The largest absolute Gasteiger partial charge is 0.433 e. The highest BCUT2D eigenvalue weighted by Crippen LogP contribution is 2.29. The maximum atomic E-state index is 12.5. The van der Waals surface area contributed by atoms with Gasteiger partial charge in [-0.1, -0.05) is 26.0 Å². The average Bonchev–Trinajstić information content (AvgIpc) is 2.93. The second-order valence-electron chi connectivity index (χ2n) is 5.11. The molecular weight excluding hydrogens is 308 g/mol. The van der Waals surface area contributed by atoms with Gasteiger partial charge >= 0.3 is 6.61 Å². The number of carbonyl (C=O) groups excluding carboxylic acids is 1. The SMILES string of the molecule is CC(C)c1cccc(N(C)C(=O)c2sccc2OC(F)F)c1. The fourth-order valence-electron chi connectivity index (χ4n) is 2.00. The smallest absolute Gasteiger partial charge is 0.387 e. The van der Waals surface area contributed by atoms with Crippen molar-refractivity contribution < 1.29 is 18.3 Å². The van der Waals surface area contributed by atoms with Gasteiger partial charge in [0, 0.05) is 12.7 Å². The third kappa shape index (κ3) is 3.62. The van der Waals surface area contributed by atoms with Crippen molar-refractivity contribution in [1.82, 2.24) is 0 Å². The van der Waals surface area contributed by atoms with Crippen molar-refractivity contribution in [3.05, 3.63) is 46.2 Å². The summed E-state index contributed by atoms with van der Waals surface area (Å²) in [6, 6.07) is 8.97. The lowest BCUT2D eigenvalue weighted by Gasteiger charge is -2.19. The summed E-state index contributed by atoms with van der Waals surface area (Å²) in [4.78, 5) is 14.1. The number of hydrogen-bond donors (Lipinski definition) is 0. The molecule has 2 aromatic rings. The Morgan fingerprint density at radius 2 is 2.00 bits per heavy atom. The minimum absolute atomic E-state index is 0.0862. The van der Waals surface area contributed by atoms with Crippen molar-refractivity contribution in [2.45, 2.75) is 26.4 Å². The molecule has 3 nitrogen and oxygen atoms in total. The highest BCUT2D eigenvalue weighted by atomic mass is 32.1. The summed E-state index contributed by atoms with van der Waals surface area (Å²) in [6.07, 6.45) is 0. The summed E-state index contributed by atoms with van der Waals surface area (Å²) in [7, 11) is 1.62. The minimum atomic E-state index is -2.95. The number of nitrogens with zero attached hydrogens (tertiary/aromatic N) is 1. The zero-order valence-corrected chi connectivity index (χ0v) is 13.4. The maximum absolute atomic E-state index is 12.5. The average molecular weight is 325 g/mol. The van der Waals surface area contributed by atoms with Crippen LogP contribution in [0.5, 0.6) is 5.75 Å². The van der Waals surface area contributed by atoms with E-state index in [-0.39, 0.29) is 16.5 Å². The molecule has 0 fully saturated rings. The van der Waals surface area contributed by atoms with Gasteiger partial charge < -0.3 is 9.64 Å². The van der Waals surface area contributed by atoms with E-state index >= 15 is 0 Å². The monoisotopic (exact) mass is 325 g/mol. The van der Waals surface area contributed by atoms with Crippen LogP contribution in [0, 0.1) is 0 Å². The number of anilines is 1. The van der Waals surface area contributed by atoms with Gasteiger partial charge in [0.2, 0.25) is 0 Å². The molecule has 1 heterocycles. The van der Waals surface area contributed by atoms with Crippen LogP contribution in [-0.2, 0) is 0 Å². The van der Waals surface area contributed by atoms with E-state index in [0.717, 1.165) is 16.9 Å². The molecule has 0 atom stereocenters. The quantitative estimate of drug-likeness (QED) is 0.794. The molecule has 1 aromatic heterocycles. The summed E-state index contributed by atoms with van der Waals surface area (Å²) in [6.45, 7) is 1.18. The van der Waals surface area contributed by atoms with E-state index in [2.05, 4.69) is 18.6 Å². The molecular formula is C16H17F2NO2S. The van der Waals surface area contributed by atoms with Crippen molar-refractivity contribution in [2.75, 3.05) is 11.9 Å². The van der Waals surface area contributed by atoms with Crippen molar-refractivity contribution in [1.29, 1.82) is 0 Å². The summed E-state index contributed by atoms with van der Waals surface area (Å²) in [5, 5.41) is 1.56. The van der Waals surface area contributed by atoms with Crippen LogP contribution < -0.4 is 9.64 Å². The molecule has 0 aliphatic heterocycles. The Hall–Kier alpha value is -1.95. The predicted octanol–water partition coefficient (Wildman–Crippen LogP) is 4.75. The number of halogens is 2. The molecule has 0 saturated carbocycles. The first-order chi connectivity index (χ1) is 10.4. The molecule has 0 aliphatic carbocycles. The van der Waals surface area contributed by atoms with Crippen molar-refractivity contribution in [2.24, 2.45) is 0 Å². The zero-order valence-electron chi connectivity index (χ0n) is 12.5. The zero-order chi connectivity index (χ0) is 16.3. The maximum Gasteiger partial charge on any atom is 0.387 e. The van der Waals surface area contributed by atoms with E-state index in [1.807, 2.05) is 24.3 Å². The van der Waals surface area contributed by atoms with Crippen molar-refractivity contribution in [3.63, 3.8) is 0 Å². The third-order valence-corrected chi connectivity index (χ3v) is 4.15. The number of alkyl halides is 2. The van der Waals surface area contributed by atoms with Crippen LogP contribution in [0.4, 0.5) is 14.5 Å². The number of thiophene rings is 1. The standard InChI is InChI=1S/C16H17F2NO2S/c1-10(2)11-5-4-6-12(9-11)19(3)15(20)14-13(7-8-22-14)21-16(17)18/h4-10,16H,1-3H3. The molecule has 1 aromatic carbocycles. The lowest BCUT2D eigenvalue weighted by molar-refractivity contribution is -0.0498. The van der Waals surface area contributed by atoms with Crippen LogP contribution >= 0.6 is 11.3 Å². The van der Waals surface area contributed by atoms with Gasteiger partial charge in [0.1, 0.15) is 10.6 Å². The third-order valence-electron chi connectivity index (χ3n) is 3.27. The number of ether oxygens (including phenoxy) is 1. The summed E-state index contributed by atoms with van der Waals surface area (Å²) in [5.74, 6) is -0.119. The number of rotatable bonds is 5. The molecule has 0 unspecified atom stereocenters. The first kappa shape index (κ1) is 16.4. The van der Waals surface area contributed by atoms with E-state index in [0.29, 0.717) is 11.6 Å². The van der Waals surface area contributed by atoms with Gasteiger partial charge in [-0.05, 0) is 35.1 Å². The van der Waals surface area contributed by atoms with Gasteiger partial charge in [-0.25, -0.2) is 0 Å². The van der Waals surface area contributed by atoms with Gasteiger partial charge in [-0.3, -0.25) is 4.79 Å². The first-order valence-electron chi connectivity index (χ1n) is 6.80. The molecule has 6 heteroatoms. The van der Waals surface area contributed by atoms with Gasteiger partial charge in [0.15, 0.2) is 0 Å². The highest BCUT2D eigenvalue weighted by Gasteiger charge is 2.21. The van der Waals surface area contributed by atoms with Crippen molar-refractivity contribution >= 4 is 22.9 Å². The van der Waals surface area contributed by atoms with E-state index in [9.17, 15) is 13.6 Å². The van der Waals surface area contributed by atoms with Gasteiger partial charge in [-0.2, -0.15) is 8.78 Å². The summed E-state index contributed by atoms with van der Waals surface area (Å²) < 4.78 is 29.1.